The second kappa shape index (κ2) is 6.98. The van der Waals surface area contributed by atoms with Crippen LogP contribution in [0.4, 0.5) is 5.69 Å². The van der Waals surface area contributed by atoms with Crippen LogP contribution in [0.25, 0.3) is 0 Å². The molecule has 0 radical (unpaired) electrons. The van der Waals surface area contributed by atoms with Crippen LogP contribution in [0, 0.1) is 6.92 Å². The van der Waals surface area contributed by atoms with E-state index in [4.69, 9.17) is 21.4 Å². The van der Waals surface area contributed by atoms with Crippen molar-refractivity contribution >= 4 is 27.3 Å². The molecule has 19 heavy (non-hydrogen) atoms. The first kappa shape index (κ1) is 16.1. The molecule has 2 N–H and O–H groups in total. The van der Waals surface area contributed by atoms with Crippen molar-refractivity contribution in [2.45, 2.75) is 19.8 Å². The van der Waals surface area contributed by atoms with Crippen molar-refractivity contribution in [2.24, 2.45) is 0 Å². The third kappa shape index (κ3) is 4.89. The Bertz CT molecular complexity index is 531. The number of hydrogen-bond donors (Lipinski definition) is 2. The topological polar surface area (TPSA) is 75.6 Å². The van der Waals surface area contributed by atoms with Gasteiger partial charge in [0.1, 0.15) is 5.75 Å². The fourth-order valence-electron chi connectivity index (χ4n) is 1.53. The van der Waals surface area contributed by atoms with Crippen LogP contribution >= 0.6 is 11.6 Å². The Morgan fingerprint density at radius 2 is 2.05 bits per heavy atom. The number of benzene rings is 1. The standard InChI is InChI=1S/C12H18ClNO4S/c1-9-7-11(12(18-2)8-10(9)13)14-19(16,17)6-4-3-5-15/h7-8,14-15H,3-6H2,1-2H3. The lowest BCUT2D eigenvalue weighted by molar-refractivity contribution is 0.287. The summed E-state index contributed by atoms with van der Waals surface area (Å²) in [6, 6.07) is 3.20. The molecular weight excluding hydrogens is 290 g/mol. The van der Waals surface area contributed by atoms with Gasteiger partial charge in [0.2, 0.25) is 10.0 Å². The van der Waals surface area contributed by atoms with Crippen LogP contribution in [0.15, 0.2) is 12.1 Å². The Kier molecular flexibility index (Phi) is 5.90. The molecule has 0 atom stereocenters. The zero-order valence-corrected chi connectivity index (χ0v) is 12.5. The van der Waals surface area contributed by atoms with E-state index in [1.54, 1.807) is 19.1 Å². The average molecular weight is 308 g/mol. The Morgan fingerprint density at radius 1 is 1.37 bits per heavy atom. The number of methoxy groups -OCH3 is 1. The smallest absolute Gasteiger partial charge is 0.232 e. The fraction of sp³-hybridized carbons (Fsp3) is 0.500. The van der Waals surface area contributed by atoms with Gasteiger partial charge in [-0.15, -0.1) is 0 Å². The highest BCUT2D eigenvalue weighted by molar-refractivity contribution is 7.92. The maximum Gasteiger partial charge on any atom is 0.232 e. The second-order valence-electron chi connectivity index (χ2n) is 4.15. The highest BCUT2D eigenvalue weighted by Gasteiger charge is 2.14. The van der Waals surface area contributed by atoms with Crippen molar-refractivity contribution in [2.75, 3.05) is 24.2 Å². The monoisotopic (exact) mass is 307 g/mol. The van der Waals surface area contributed by atoms with Crippen LogP contribution < -0.4 is 9.46 Å². The number of aryl methyl sites for hydroxylation is 1. The molecule has 0 amide bonds. The van der Waals surface area contributed by atoms with E-state index in [2.05, 4.69) is 4.72 Å². The third-order valence-electron chi connectivity index (χ3n) is 2.57. The van der Waals surface area contributed by atoms with E-state index >= 15 is 0 Å². The summed E-state index contributed by atoms with van der Waals surface area (Å²) in [6.45, 7) is 1.77. The molecule has 0 heterocycles. The van der Waals surface area contributed by atoms with Crippen molar-refractivity contribution in [3.8, 4) is 5.75 Å². The summed E-state index contributed by atoms with van der Waals surface area (Å²) < 4.78 is 31.3. The number of anilines is 1. The highest BCUT2D eigenvalue weighted by Crippen LogP contribution is 2.31. The number of halogens is 1. The van der Waals surface area contributed by atoms with E-state index in [0.717, 1.165) is 5.56 Å². The minimum atomic E-state index is -3.45. The predicted octanol–water partition coefficient (Wildman–Crippen LogP) is 2.17. The van der Waals surface area contributed by atoms with Gasteiger partial charge in [0, 0.05) is 17.7 Å². The molecule has 0 bridgehead atoms. The van der Waals surface area contributed by atoms with Crippen LogP contribution in [-0.2, 0) is 10.0 Å². The van der Waals surface area contributed by atoms with E-state index in [0.29, 0.717) is 29.3 Å². The molecule has 1 aromatic rings. The van der Waals surface area contributed by atoms with Gasteiger partial charge >= 0.3 is 0 Å². The van der Waals surface area contributed by atoms with Gasteiger partial charge in [-0.2, -0.15) is 0 Å². The molecule has 0 saturated carbocycles. The summed E-state index contributed by atoms with van der Waals surface area (Å²) in [7, 11) is -2.00. The Balaban J connectivity index is 2.89. The molecule has 0 aliphatic carbocycles. The number of nitrogens with one attached hydrogen (secondary N) is 1. The summed E-state index contributed by atoms with van der Waals surface area (Å²) in [5, 5.41) is 9.17. The van der Waals surface area contributed by atoms with Crippen LogP contribution in [0.3, 0.4) is 0 Å². The SMILES string of the molecule is COc1cc(Cl)c(C)cc1NS(=O)(=O)CCCCO. The molecule has 108 valence electrons. The summed E-state index contributed by atoms with van der Waals surface area (Å²) in [5.41, 5.74) is 1.13. The van der Waals surface area contributed by atoms with Crippen molar-refractivity contribution < 1.29 is 18.3 Å². The largest absolute Gasteiger partial charge is 0.495 e. The quantitative estimate of drug-likeness (QED) is 0.757. The van der Waals surface area contributed by atoms with Gasteiger partial charge in [-0.25, -0.2) is 8.42 Å². The lowest BCUT2D eigenvalue weighted by Gasteiger charge is -2.13. The first-order chi connectivity index (χ1) is 8.89. The van der Waals surface area contributed by atoms with E-state index in [1.165, 1.54) is 7.11 Å². The molecule has 1 aromatic carbocycles. The molecule has 0 aliphatic rings. The summed E-state index contributed by atoms with van der Waals surface area (Å²) >= 11 is 5.95. The number of aliphatic hydroxyl groups excluding tert-OH is 1. The second-order valence-corrected chi connectivity index (χ2v) is 6.40. The Hall–Kier alpha value is -0.980. The van der Waals surface area contributed by atoms with Gasteiger partial charge < -0.3 is 9.84 Å². The molecule has 0 aliphatic heterocycles. The number of aliphatic hydroxyl groups is 1. The van der Waals surface area contributed by atoms with Crippen molar-refractivity contribution in [3.05, 3.63) is 22.7 Å². The normalized spacial score (nSPS) is 11.4. The molecule has 5 nitrogen and oxygen atoms in total. The summed E-state index contributed by atoms with van der Waals surface area (Å²) in [4.78, 5) is 0. The van der Waals surface area contributed by atoms with E-state index in [1.807, 2.05) is 0 Å². The zero-order valence-electron chi connectivity index (χ0n) is 10.9. The minimum Gasteiger partial charge on any atom is -0.495 e. The van der Waals surface area contributed by atoms with Crippen LogP contribution in [0.5, 0.6) is 5.75 Å². The molecule has 0 fully saturated rings. The minimum absolute atomic E-state index is 0.0150. The van der Waals surface area contributed by atoms with Gasteiger partial charge in [-0.05, 0) is 31.4 Å². The number of hydrogen-bond acceptors (Lipinski definition) is 4. The first-order valence-electron chi connectivity index (χ1n) is 5.85. The maximum atomic E-state index is 11.9. The van der Waals surface area contributed by atoms with Crippen molar-refractivity contribution in [1.29, 1.82) is 0 Å². The summed E-state index contributed by atoms with van der Waals surface area (Å²) in [6.07, 6.45) is 0.860. The number of sulfonamides is 1. The Morgan fingerprint density at radius 3 is 2.63 bits per heavy atom. The molecule has 0 spiro atoms. The highest BCUT2D eigenvalue weighted by atomic mass is 35.5. The lowest BCUT2D eigenvalue weighted by atomic mass is 10.2. The number of ether oxygens (including phenoxy) is 1. The fourth-order valence-corrected chi connectivity index (χ4v) is 2.87. The van der Waals surface area contributed by atoms with Crippen molar-refractivity contribution in [3.63, 3.8) is 0 Å². The average Bonchev–Trinajstić information content (AvgIpc) is 2.33. The van der Waals surface area contributed by atoms with Gasteiger partial charge in [-0.1, -0.05) is 11.6 Å². The zero-order chi connectivity index (χ0) is 14.5. The van der Waals surface area contributed by atoms with Crippen LogP contribution in [0.2, 0.25) is 5.02 Å². The maximum absolute atomic E-state index is 11.9. The lowest BCUT2D eigenvalue weighted by Crippen LogP contribution is -2.17. The molecular formula is C12H18ClNO4S. The van der Waals surface area contributed by atoms with E-state index in [-0.39, 0.29) is 12.4 Å². The molecule has 0 unspecified atom stereocenters. The van der Waals surface area contributed by atoms with Crippen LogP contribution in [0.1, 0.15) is 18.4 Å². The molecule has 7 heteroatoms. The molecule has 0 saturated heterocycles. The van der Waals surface area contributed by atoms with Crippen molar-refractivity contribution in [1.82, 2.24) is 0 Å². The van der Waals surface area contributed by atoms with Gasteiger partial charge in [0.05, 0.1) is 18.6 Å². The van der Waals surface area contributed by atoms with E-state index in [9.17, 15) is 8.42 Å². The van der Waals surface area contributed by atoms with Gasteiger partial charge in [0.25, 0.3) is 0 Å². The molecule has 0 aromatic heterocycles. The third-order valence-corrected chi connectivity index (χ3v) is 4.33. The van der Waals surface area contributed by atoms with Gasteiger partial charge in [-0.3, -0.25) is 4.72 Å². The Labute approximate surface area is 118 Å². The van der Waals surface area contributed by atoms with Crippen LogP contribution in [-0.4, -0.2) is 33.0 Å². The number of unbranched alkanes of at least 4 members (excludes halogenated alkanes) is 1. The van der Waals surface area contributed by atoms with E-state index < -0.39 is 10.0 Å². The van der Waals surface area contributed by atoms with Gasteiger partial charge in [0.15, 0.2) is 0 Å². The summed E-state index contributed by atoms with van der Waals surface area (Å²) in [5.74, 6) is 0.333. The molecule has 1 rings (SSSR count). The first-order valence-corrected chi connectivity index (χ1v) is 7.88. The number of rotatable bonds is 7. The predicted molar refractivity (Wildman–Crippen MR) is 76.5 cm³/mol.